The number of carbonyl (C=O) groups is 1. The second-order valence-corrected chi connectivity index (χ2v) is 4.42. The van der Waals surface area contributed by atoms with Gasteiger partial charge < -0.3 is 10.4 Å². The van der Waals surface area contributed by atoms with Crippen LogP contribution in [0.2, 0.25) is 0 Å². The lowest BCUT2D eigenvalue weighted by Crippen LogP contribution is -2.08. The molecule has 1 rings (SSSR count). The summed E-state index contributed by atoms with van der Waals surface area (Å²) < 4.78 is 0. The molecule has 0 radical (unpaired) electrons. The Labute approximate surface area is 108 Å². The molecule has 0 spiro atoms. The second-order valence-electron chi connectivity index (χ2n) is 4.42. The van der Waals surface area contributed by atoms with E-state index >= 15 is 0 Å². The van der Waals surface area contributed by atoms with Crippen LogP contribution in [0.15, 0.2) is 18.5 Å². The Balaban J connectivity index is 2.25. The topological polar surface area (TPSA) is 62.2 Å². The Morgan fingerprint density at radius 2 is 2.00 bits per heavy atom. The third kappa shape index (κ3) is 5.17. The maximum absolute atomic E-state index is 11.0. The number of carboxylic acids is 1. The van der Waals surface area contributed by atoms with Crippen LogP contribution in [0.3, 0.4) is 0 Å². The minimum Gasteiger partial charge on any atom is -0.478 e. The van der Waals surface area contributed by atoms with Crippen molar-refractivity contribution in [3.8, 4) is 0 Å². The number of nitrogens with one attached hydrogen (secondary N) is 1. The lowest BCUT2D eigenvalue weighted by atomic mass is 10.1. The van der Waals surface area contributed by atoms with E-state index in [1.54, 1.807) is 6.20 Å². The maximum atomic E-state index is 11.0. The minimum absolute atomic E-state index is 0.288. The Morgan fingerprint density at radius 1 is 1.28 bits per heavy atom. The minimum atomic E-state index is -0.914. The standard InChI is InChI=1S/C14H22N2O2/c1-2-3-4-5-6-7-9-16-13-11-15-10-8-12(13)14(17)18/h8,10-11,16H,2-7,9H2,1H3,(H,17,18). The van der Waals surface area contributed by atoms with Crippen LogP contribution in [0.5, 0.6) is 0 Å². The van der Waals surface area contributed by atoms with Gasteiger partial charge in [-0.05, 0) is 12.5 Å². The molecule has 1 heterocycles. The van der Waals surface area contributed by atoms with E-state index in [9.17, 15) is 4.79 Å². The van der Waals surface area contributed by atoms with E-state index in [-0.39, 0.29) is 5.56 Å². The van der Waals surface area contributed by atoms with Crippen LogP contribution < -0.4 is 5.32 Å². The molecule has 0 amide bonds. The van der Waals surface area contributed by atoms with Gasteiger partial charge in [0.2, 0.25) is 0 Å². The molecule has 1 aromatic rings. The van der Waals surface area contributed by atoms with Gasteiger partial charge in [0, 0.05) is 12.7 Å². The van der Waals surface area contributed by atoms with E-state index in [4.69, 9.17) is 5.11 Å². The highest BCUT2D eigenvalue weighted by Gasteiger charge is 2.08. The Bertz CT molecular complexity index is 367. The largest absolute Gasteiger partial charge is 0.478 e. The number of hydrogen-bond acceptors (Lipinski definition) is 3. The van der Waals surface area contributed by atoms with Gasteiger partial charge in [-0.3, -0.25) is 4.98 Å². The van der Waals surface area contributed by atoms with E-state index in [1.807, 2.05) is 0 Å². The molecule has 0 aliphatic carbocycles. The van der Waals surface area contributed by atoms with Gasteiger partial charge in [-0.1, -0.05) is 39.0 Å². The van der Waals surface area contributed by atoms with Crippen molar-refractivity contribution in [2.75, 3.05) is 11.9 Å². The number of rotatable bonds is 9. The monoisotopic (exact) mass is 250 g/mol. The van der Waals surface area contributed by atoms with Crippen LogP contribution in [-0.4, -0.2) is 22.6 Å². The lowest BCUT2D eigenvalue weighted by molar-refractivity contribution is 0.0698. The summed E-state index contributed by atoms with van der Waals surface area (Å²) in [6, 6.07) is 1.52. The molecule has 0 fully saturated rings. The van der Waals surface area contributed by atoms with Crippen LogP contribution in [0, 0.1) is 0 Å². The Kier molecular flexibility index (Phi) is 6.84. The molecule has 0 bridgehead atoms. The number of unbranched alkanes of at least 4 members (excludes halogenated alkanes) is 5. The van der Waals surface area contributed by atoms with Gasteiger partial charge in [-0.15, -0.1) is 0 Å². The van der Waals surface area contributed by atoms with Crippen molar-refractivity contribution in [1.29, 1.82) is 0 Å². The first-order valence-corrected chi connectivity index (χ1v) is 6.67. The maximum Gasteiger partial charge on any atom is 0.337 e. The molecule has 0 aliphatic rings. The Morgan fingerprint density at radius 3 is 2.72 bits per heavy atom. The number of hydrogen-bond donors (Lipinski definition) is 2. The third-order valence-corrected chi connectivity index (χ3v) is 2.90. The number of pyridine rings is 1. The summed E-state index contributed by atoms with van der Waals surface area (Å²) in [5.74, 6) is -0.914. The number of aromatic carboxylic acids is 1. The molecule has 0 unspecified atom stereocenters. The number of anilines is 1. The molecule has 0 saturated carbocycles. The highest BCUT2D eigenvalue weighted by Crippen LogP contribution is 2.13. The second kappa shape index (κ2) is 8.50. The molecular formula is C14H22N2O2. The molecule has 0 aliphatic heterocycles. The normalized spacial score (nSPS) is 10.3. The molecule has 2 N–H and O–H groups in total. The van der Waals surface area contributed by atoms with Crippen molar-refractivity contribution >= 4 is 11.7 Å². The van der Waals surface area contributed by atoms with Gasteiger partial charge in [0.25, 0.3) is 0 Å². The molecule has 18 heavy (non-hydrogen) atoms. The molecule has 0 atom stereocenters. The van der Waals surface area contributed by atoms with Crippen LogP contribution in [0.1, 0.15) is 55.8 Å². The van der Waals surface area contributed by atoms with E-state index in [0.717, 1.165) is 13.0 Å². The van der Waals surface area contributed by atoms with Crippen molar-refractivity contribution < 1.29 is 9.90 Å². The van der Waals surface area contributed by atoms with E-state index in [2.05, 4.69) is 17.2 Å². The van der Waals surface area contributed by atoms with Crippen molar-refractivity contribution in [3.05, 3.63) is 24.0 Å². The summed E-state index contributed by atoms with van der Waals surface area (Å²) in [5.41, 5.74) is 0.898. The number of nitrogens with zero attached hydrogens (tertiary/aromatic N) is 1. The van der Waals surface area contributed by atoms with Gasteiger partial charge in [-0.2, -0.15) is 0 Å². The summed E-state index contributed by atoms with van der Waals surface area (Å²) >= 11 is 0. The summed E-state index contributed by atoms with van der Waals surface area (Å²) in [5, 5.41) is 12.1. The fourth-order valence-electron chi connectivity index (χ4n) is 1.85. The predicted octanol–water partition coefficient (Wildman–Crippen LogP) is 3.55. The highest BCUT2D eigenvalue weighted by molar-refractivity contribution is 5.93. The van der Waals surface area contributed by atoms with Gasteiger partial charge in [0.15, 0.2) is 0 Å². The molecule has 100 valence electrons. The quantitative estimate of drug-likeness (QED) is 0.658. The lowest BCUT2D eigenvalue weighted by Gasteiger charge is -2.08. The van der Waals surface area contributed by atoms with Crippen molar-refractivity contribution in [1.82, 2.24) is 4.98 Å². The van der Waals surface area contributed by atoms with Crippen LogP contribution in [0.25, 0.3) is 0 Å². The summed E-state index contributed by atoms with van der Waals surface area (Å²) in [4.78, 5) is 14.9. The molecule has 0 saturated heterocycles. The zero-order valence-electron chi connectivity index (χ0n) is 11.0. The molecular weight excluding hydrogens is 228 g/mol. The first-order chi connectivity index (χ1) is 8.75. The van der Waals surface area contributed by atoms with Gasteiger partial charge >= 0.3 is 5.97 Å². The van der Waals surface area contributed by atoms with Crippen molar-refractivity contribution in [2.45, 2.75) is 45.4 Å². The molecule has 4 heteroatoms. The van der Waals surface area contributed by atoms with E-state index in [1.165, 1.54) is 44.4 Å². The smallest absolute Gasteiger partial charge is 0.337 e. The first-order valence-electron chi connectivity index (χ1n) is 6.67. The number of carboxylic acid groups (broad SMARTS) is 1. The molecule has 4 nitrogen and oxygen atoms in total. The summed E-state index contributed by atoms with van der Waals surface area (Å²) in [6.45, 7) is 3.01. The van der Waals surface area contributed by atoms with E-state index in [0.29, 0.717) is 5.69 Å². The van der Waals surface area contributed by atoms with Crippen molar-refractivity contribution in [3.63, 3.8) is 0 Å². The summed E-state index contributed by atoms with van der Waals surface area (Å²) in [6.07, 6.45) is 10.4. The Hall–Kier alpha value is -1.58. The summed E-state index contributed by atoms with van der Waals surface area (Å²) in [7, 11) is 0. The van der Waals surface area contributed by atoms with Gasteiger partial charge in [-0.25, -0.2) is 4.79 Å². The average Bonchev–Trinajstić information content (AvgIpc) is 2.38. The van der Waals surface area contributed by atoms with E-state index < -0.39 is 5.97 Å². The molecule has 1 aromatic heterocycles. The van der Waals surface area contributed by atoms with Crippen molar-refractivity contribution in [2.24, 2.45) is 0 Å². The van der Waals surface area contributed by atoms with Crippen LogP contribution in [-0.2, 0) is 0 Å². The average molecular weight is 250 g/mol. The van der Waals surface area contributed by atoms with Crippen LogP contribution in [0.4, 0.5) is 5.69 Å². The predicted molar refractivity (Wildman–Crippen MR) is 73.1 cm³/mol. The van der Waals surface area contributed by atoms with Gasteiger partial charge in [0.1, 0.15) is 0 Å². The van der Waals surface area contributed by atoms with Gasteiger partial charge in [0.05, 0.1) is 17.4 Å². The first kappa shape index (κ1) is 14.5. The zero-order valence-corrected chi connectivity index (χ0v) is 11.0. The zero-order chi connectivity index (χ0) is 13.2. The molecule has 0 aromatic carbocycles. The SMILES string of the molecule is CCCCCCCCNc1cnccc1C(=O)O. The third-order valence-electron chi connectivity index (χ3n) is 2.90. The number of aromatic nitrogens is 1. The van der Waals surface area contributed by atoms with Crippen LogP contribution >= 0.6 is 0 Å². The fraction of sp³-hybridized carbons (Fsp3) is 0.571. The fourth-order valence-corrected chi connectivity index (χ4v) is 1.85. The highest BCUT2D eigenvalue weighted by atomic mass is 16.4.